The highest BCUT2D eigenvalue weighted by Gasteiger charge is 2.43. The van der Waals surface area contributed by atoms with Crippen molar-refractivity contribution in [2.75, 3.05) is 11.9 Å². The Morgan fingerprint density at radius 2 is 2.14 bits per heavy atom. The van der Waals surface area contributed by atoms with Crippen molar-refractivity contribution in [3.8, 4) is 0 Å². The average molecular weight is 228 g/mol. The summed E-state index contributed by atoms with van der Waals surface area (Å²) < 4.78 is 37.3. The fraction of sp³-hybridized carbons (Fsp3) is 0.571. The van der Waals surface area contributed by atoms with Gasteiger partial charge in [-0.15, -0.1) is 12.4 Å². The molecule has 3 nitrogen and oxygen atoms in total. The molecule has 0 radical (unpaired) electrons. The molecule has 1 unspecified atom stereocenters. The van der Waals surface area contributed by atoms with Crippen molar-refractivity contribution < 1.29 is 13.2 Å². The number of H-pyrrole nitrogens is 1. The highest BCUT2D eigenvalue weighted by Crippen LogP contribution is 2.41. The Kier molecular flexibility index (Phi) is 2.94. The standard InChI is InChI=1S/C7H8F3N3.ClH/c8-7(9,10)5-1-2-11-6-4(5)3-12-13-6;/h3,5H,1-2H2,(H2,11,12,13);1H. The van der Waals surface area contributed by atoms with Crippen LogP contribution >= 0.6 is 12.4 Å². The number of aromatic nitrogens is 2. The van der Waals surface area contributed by atoms with E-state index in [0.717, 1.165) is 0 Å². The minimum Gasteiger partial charge on any atom is -0.370 e. The number of alkyl halides is 3. The van der Waals surface area contributed by atoms with Crippen molar-refractivity contribution in [1.82, 2.24) is 10.2 Å². The van der Waals surface area contributed by atoms with Crippen LogP contribution in [0.5, 0.6) is 0 Å². The first kappa shape index (κ1) is 11.2. The van der Waals surface area contributed by atoms with Gasteiger partial charge < -0.3 is 5.32 Å². The molecule has 7 heteroatoms. The van der Waals surface area contributed by atoms with Crippen molar-refractivity contribution in [3.05, 3.63) is 11.8 Å². The van der Waals surface area contributed by atoms with Crippen molar-refractivity contribution >= 4 is 18.2 Å². The van der Waals surface area contributed by atoms with E-state index in [2.05, 4.69) is 15.5 Å². The molecule has 0 bridgehead atoms. The fourth-order valence-electron chi connectivity index (χ4n) is 1.54. The third kappa shape index (κ3) is 1.79. The topological polar surface area (TPSA) is 40.7 Å². The Labute approximate surface area is 84.5 Å². The fourth-order valence-corrected chi connectivity index (χ4v) is 1.54. The van der Waals surface area contributed by atoms with E-state index in [1.54, 1.807) is 0 Å². The summed E-state index contributed by atoms with van der Waals surface area (Å²) in [5.41, 5.74) is 0.221. The van der Waals surface area contributed by atoms with Gasteiger partial charge >= 0.3 is 6.18 Å². The lowest BCUT2D eigenvalue weighted by atomic mass is 9.94. The molecule has 1 aliphatic rings. The van der Waals surface area contributed by atoms with Crippen molar-refractivity contribution in [1.29, 1.82) is 0 Å². The maximum absolute atomic E-state index is 12.4. The zero-order chi connectivity index (χ0) is 9.47. The van der Waals surface area contributed by atoms with Gasteiger partial charge in [0.15, 0.2) is 0 Å². The second kappa shape index (κ2) is 3.68. The van der Waals surface area contributed by atoms with Gasteiger partial charge in [-0.1, -0.05) is 0 Å². The van der Waals surface area contributed by atoms with Crippen LogP contribution in [0.1, 0.15) is 17.9 Å². The van der Waals surface area contributed by atoms with E-state index in [4.69, 9.17) is 0 Å². The molecule has 1 aliphatic heterocycles. The van der Waals surface area contributed by atoms with Crippen LogP contribution in [0.4, 0.5) is 19.0 Å². The van der Waals surface area contributed by atoms with Crippen molar-refractivity contribution in [3.63, 3.8) is 0 Å². The first-order valence-electron chi connectivity index (χ1n) is 3.93. The maximum atomic E-state index is 12.4. The number of nitrogens with one attached hydrogen (secondary N) is 2. The lowest BCUT2D eigenvalue weighted by Gasteiger charge is -2.24. The van der Waals surface area contributed by atoms with E-state index in [1.165, 1.54) is 6.20 Å². The SMILES string of the molecule is Cl.FC(F)(F)C1CCNc2[nH]ncc21. The molecule has 0 spiro atoms. The molecule has 14 heavy (non-hydrogen) atoms. The molecule has 0 aromatic carbocycles. The molecule has 1 atom stereocenters. The van der Waals surface area contributed by atoms with E-state index >= 15 is 0 Å². The molecule has 80 valence electrons. The van der Waals surface area contributed by atoms with Crippen LogP contribution in [0.25, 0.3) is 0 Å². The number of rotatable bonds is 0. The molecular formula is C7H9ClF3N3. The van der Waals surface area contributed by atoms with Gasteiger partial charge in [0.25, 0.3) is 0 Å². The minimum absolute atomic E-state index is 0. The van der Waals surface area contributed by atoms with Crippen molar-refractivity contribution in [2.45, 2.75) is 18.5 Å². The molecule has 2 N–H and O–H groups in total. The van der Waals surface area contributed by atoms with Crippen molar-refractivity contribution in [2.24, 2.45) is 0 Å². The summed E-state index contributed by atoms with van der Waals surface area (Å²) in [4.78, 5) is 0. The molecule has 2 rings (SSSR count). The summed E-state index contributed by atoms with van der Waals surface area (Å²) in [5.74, 6) is -0.976. The average Bonchev–Trinajstić information content (AvgIpc) is 2.48. The lowest BCUT2D eigenvalue weighted by Crippen LogP contribution is -2.27. The molecule has 1 aromatic rings. The first-order valence-corrected chi connectivity index (χ1v) is 3.93. The zero-order valence-corrected chi connectivity index (χ0v) is 7.87. The Hall–Kier alpha value is -0.910. The Morgan fingerprint density at radius 3 is 2.79 bits per heavy atom. The Morgan fingerprint density at radius 1 is 1.43 bits per heavy atom. The van der Waals surface area contributed by atoms with Gasteiger partial charge in [-0.3, -0.25) is 5.10 Å². The number of aromatic amines is 1. The number of fused-ring (bicyclic) bond motifs is 1. The number of anilines is 1. The van der Waals surface area contributed by atoms with Gasteiger partial charge in [-0.25, -0.2) is 0 Å². The van der Waals surface area contributed by atoms with E-state index < -0.39 is 12.1 Å². The molecule has 0 saturated carbocycles. The zero-order valence-electron chi connectivity index (χ0n) is 7.06. The third-order valence-electron chi connectivity index (χ3n) is 2.17. The van der Waals surface area contributed by atoms with Gasteiger partial charge in [-0.2, -0.15) is 18.3 Å². The summed E-state index contributed by atoms with van der Waals surface area (Å²) in [7, 11) is 0. The number of hydrogen-bond donors (Lipinski definition) is 2. The monoisotopic (exact) mass is 227 g/mol. The third-order valence-corrected chi connectivity index (χ3v) is 2.17. The van der Waals surface area contributed by atoms with Crippen LogP contribution in [0.15, 0.2) is 6.20 Å². The second-order valence-electron chi connectivity index (χ2n) is 3.01. The molecular weight excluding hydrogens is 219 g/mol. The molecule has 0 amide bonds. The predicted octanol–water partition coefficient (Wildman–Crippen LogP) is 2.29. The van der Waals surface area contributed by atoms with Crippen LogP contribution in [0.2, 0.25) is 0 Å². The van der Waals surface area contributed by atoms with Crippen LogP contribution in [-0.4, -0.2) is 22.9 Å². The lowest BCUT2D eigenvalue weighted by molar-refractivity contribution is -0.151. The van der Waals surface area contributed by atoms with Crippen LogP contribution in [0.3, 0.4) is 0 Å². The summed E-state index contributed by atoms with van der Waals surface area (Å²) in [5, 5.41) is 8.91. The number of halogens is 4. The van der Waals surface area contributed by atoms with E-state index in [-0.39, 0.29) is 24.4 Å². The van der Waals surface area contributed by atoms with E-state index in [9.17, 15) is 13.2 Å². The second-order valence-corrected chi connectivity index (χ2v) is 3.01. The van der Waals surface area contributed by atoms with Gasteiger partial charge in [0.2, 0.25) is 0 Å². The Bertz CT molecular complexity index is 309. The first-order chi connectivity index (χ1) is 6.09. The summed E-state index contributed by atoms with van der Waals surface area (Å²) in [6.07, 6.45) is -2.85. The highest BCUT2D eigenvalue weighted by atomic mass is 35.5. The van der Waals surface area contributed by atoms with Crippen LogP contribution < -0.4 is 5.32 Å². The van der Waals surface area contributed by atoms with Crippen LogP contribution in [0, 0.1) is 0 Å². The quantitative estimate of drug-likeness (QED) is 0.714. The van der Waals surface area contributed by atoms with Gasteiger partial charge in [0, 0.05) is 12.1 Å². The molecule has 0 saturated heterocycles. The predicted molar refractivity (Wildman–Crippen MR) is 47.7 cm³/mol. The summed E-state index contributed by atoms with van der Waals surface area (Å²) in [6.45, 7) is 0.333. The van der Waals surface area contributed by atoms with E-state index in [0.29, 0.717) is 12.4 Å². The van der Waals surface area contributed by atoms with Gasteiger partial charge in [0.1, 0.15) is 5.82 Å². The molecule has 0 fully saturated rings. The van der Waals surface area contributed by atoms with Gasteiger partial charge in [0.05, 0.1) is 12.1 Å². The van der Waals surface area contributed by atoms with E-state index in [1.807, 2.05) is 0 Å². The normalized spacial score (nSPS) is 20.6. The minimum atomic E-state index is -4.17. The molecule has 0 aliphatic carbocycles. The Balaban J connectivity index is 0.000000980. The molecule has 1 aromatic heterocycles. The maximum Gasteiger partial charge on any atom is 0.396 e. The largest absolute Gasteiger partial charge is 0.396 e. The highest BCUT2D eigenvalue weighted by molar-refractivity contribution is 5.85. The summed E-state index contributed by atoms with van der Waals surface area (Å²) >= 11 is 0. The van der Waals surface area contributed by atoms with Gasteiger partial charge in [-0.05, 0) is 6.42 Å². The number of nitrogens with zero attached hydrogens (tertiary/aromatic N) is 1. The molecule has 2 heterocycles. The summed E-state index contributed by atoms with van der Waals surface area (Å²) in [6, 6.07) is 0. The number of hydrogen-bond acceptors (Lipinski definition) is 2. The smallest absolute Gasteiger partial charge is 0.370 e. The van der Waals surface area contributed by atoms with Crippen LogP contribution in [-0.2, 0) is 0 Å².